The summed E-state index contributed by atoms with van der Waals surface area (Å²) in [6.07, 6.45) is 8.44. The molecule has 0 amide bonds. The third-order valence-electron chi connectivity index (χ3n) is 5.27. The highest BCUT2D eigenvalue weighted by Gasteiger charge is 2.27. The monoisotopic (exact) mass is 295 g/mol. The van der Waals surface area contributed by atoms with Crippen molar-refractivity contribution < 1.29 is 0 Å². The van der Waals surface area contributed by atoms with Crippen LogP contribution in [0.25, 0.3) is 0 Å². The molecule has 3 nitrogen and oxygen atoms in total. The molecular formula is C18H37N3. The van der Waals surface area contributed by atoms with Gasteiger partial charge in [0.1, 0.15) is 0 Å². The van der Waals surface area contributed by atoms with Gasteiger partial charge in [0, 0.05) is 43.8 Å². The number of hydrogen-bond acceptors (Lipinski definition) is 3. The fraction of sp³-hybridized carbons (Fsp3) is 1.00. The molecule has 1 aliphatic carbocycles. The van der Waals surface area contributed by atoms with Crippen LogP contribution in [-0.4, -0.2) is 60.1 Å². The normalized spacial score (nSPS) is 24.6. The molecule has 0 aromatic carbocycles. The molecule has 2 aliphatic rings. The highest BCUT2D eigenvalue weighted by molar-refractivity contribution is 4.83. The van der Waals surface area contributed by atoms with Crippen molar-refractivity contribution in [3.63, 3.8) is 0 Å². The van der Waals surface area contributed by atoms with Crippen molar-refractivity contribution in [2.45, 2.75) is 83.8 Å². The molecular weight excluding hydrogens is 258 g/mol. The van der Waals surface area contributed by atoms with Crippen LogP contribution in [0.2, 0.25) is 0 Å². The van der Waals surface area contributed by atoms with Gasteiger partial charge < -0.3 is 5.32 Å². The molecule has 1 saturated carbocycles. The largest absolute Gasteiger partial charge is 0.312 e. The van der Waals surface area contributed by atoms with Crippen LogP contribution in [0, 0.1) is 0 Å². The number of piperazine rings is 1. The number of hydrogen-bond donors (Lipinski definition) is 1. The van der Waals surface area contributed by atoms with Crippen molar-refractivity contribution in [2.75, 3.05) is 32.7 Å². The van der Waals surface area contributed by atoms with E-state index in [2.05, 4.69) is 42.8 Å². The maximum Gasteiger partial charge on any atom is 0.0113 e. The maximum atomic E-state index is 3.60. The van der Waals surface area contributed by atoms with Gasteiger partial charge in [0.05, 0.1) is 0 Å². The van der Waals surface area contributed by atoms with Crippen LogP contribution in [0.15, 0.2) is 0 Å². The molecule has 1 saturated heterocycles. The van der Waals surface area contributed by atoms with Crippen molar-refractivity contribution >= 4 is 0 Å². The van der Waals surface area contributed by atoms with E-state index in [0.29, 0.717) is 0 Å². The number of nitrogens with one attached hydrogen (secondary N) is 1. The SMILES string of the molecule is CC(CCCNC(C)(C)C)N1CCN(C2CCCC2)CC1. The Bertz CT molecular complexity index is 283. The molecule has 1 heterocycles. The minimum Gasteiger partial charge on any atom is -0.312 e. The lowest BCUT2D eigenvalue weighted by molar-refractivity contribution is 0.0720. The molecule has 0 radical (unpaired) electrons. The van der Waals surface area contributed by atoms with Gasteiger partial charge in [-0.1, -0.05) is 12.8 Å². The molecule has 1 unspecified atom stereocenters. The van der Waals surface area contributed by atoms with Crippen LogP contribution in [0.4, 0.5) is 0 Å². The van der Waals surface area contributed by atoms with Gasteiger partial charge in [-0.05, 0) is 59.9 Å². The summed E-state index contributed by atoms with van der Waals surface area (Å²) < 4.78 is 0. The van der Waals surface area contributed by atoms with Crippen molar-refractivity contribution in [2.24, 2.45) is 0 Å². The molecule has 1 N–H and O–H groups in total. The smallest absolute Gasteiger partial charge is 0.0113 e. The Hall–Kier alpha value is -0.120. The van der Waals surface area contributed by atoms with Gasteiger partial charge in [0.15, 0.2) is 0 Å². The lowest BCUT2D eigenvalue weighted by atomic mass is 10.1. The summed E-state index contributed by atoms with van der Waals surface area (Å²) in [4.78, 5) is 5.47. The van der Waals surface area contributed by atoms with Crippen molar-refractivity contribution in [1.29, 1.82) is 0 Å². The maximum absolute atomic E-state index is 3.60. The quantitative estimate of drug-likeness (QED) is 0.760. The summed E-state index contributed by atoms with van der Waals surface area (Å²) in [5.74, 6) is 0. The van der Waals surface area contributed by atoms with E-state index in [1.165, 1.54) is 64.7 Å². The Morgan fingerprint density at radius 2 is 1.67 bits per heavy atom. The van der Waals surface area contributed by atoms with Gasteiger partial charge in [-0.15, -0.1) is 0 Å². The van der Waals surface area contributed by atoms with Gasteiger partial charge in [-0.2, -0.15) is 0 Å². The Kier molecular flexibility index (Phi) is 6.51. The minimum absolute atomic E-state index is 0.260. The molecule has 124 valence electrons. The first-order valence-corrected chi connectivity index (χ1v) is 9.19. The summed E-state index contributed by atoms with van der Waals surface area (Å²) in [6, 6.07) is 1.66. The van der Waals surface area contributed by atoms with E-state index in [1.807, 2.05) is 0 Å². The van der Waals surface area contributed by atoms with Crippen LogP contribution < -0.4 is 5.32 Å². The molecule has 0 spiro atoms. The van der Waals surface area contributed by atoms with Crippen molar-refractivity contribution in [1.82, 2.24) is 15.1 Å². The molecule has 2 fully saturated rings. The average molecular weight is 296 g/mol. The fourth-order valence-electron chi connectivity index (χ4n) is 3.86. The average Bonchev–Trinajstić information content (AvgIpc) is 2.96. The fourth-order valence-corrected chi connectivity index (χ4v) is 3.86. The van der Waals surface area contributed by atoms with Crippen LogP contribution in [-0.2, 0) is 0 Å². The Morgan fingerprint density at radius 1 is 1.05 bits per heavy atom. The molecule has 21 heavy (non-hydrogen) atoms. The second-order valence-electron chi connectivity index (χ2n) is 8.18. The predicted molar refractivity (Wildman–Crippen MR) is 91.9 cm³/mol. The first kappa shape index (κ1) is 17.2. The highest BCUT2D eigenvalue weighted by Crippen LogP contribution is 2.24. The Balaban J connectivity index is 1.60. The van der Waals surface area contributed by atoms with E-state index < -0.39 is 0 Å². The minimum atomic E-state index is 0.260. The van der Waals surface area contributed by atoms with E-state index >= 15 is 0 Å². The van der Waals surface area contributed by atoms with E-state index in [4.69, 9.17) is 0 Å². The molecule has 0 aromatic heterocycles. The van der Waals surface area contributed by atoms with Gasteiger partial charge in [-0.25, -0.2) is 0 Å². The standard InChI is InChI=1S/C18H37N3/c1-16(8-7-11-19-18(2,3)4)20-12-14-21(15-13-20)17-9-5-6-10-17/h16-17,19H,5-15H2,1-4H3. The summed E-state index contributed by atoms with van der Waals surface area (Å²) in [6.45, 7) is 15.5. The summed E-state index contributed by atoms with van der Waals surface area (Å²) >= 11 is 0. The molecule has 1 aliphatic heterocycles. The second kappa shape index (κ2) is 7.94. The van der Waals surface area contributed by atoms with Crippen LogP contribution in [0.5, 0.6) is 0 Å². The zero-order valence-corrected chi connectivity index (χ0v) is 14.8. The van der Waals surface area contributed by atoms with Crippen molar-refractivity contribution in [3.05, 3.63) is 0 Å². The Morgan fingerprint density at radius 3 is 2.24 bits per heavy atom. The van der Waals surface area contributed by atoms with Crippen LogP contribution in [0.1, 0.15) is 66.2 Å². The van der Waals surface area contributed by atoms with Gasteiger partial charge in [0.25, 0.3) is 0 Å². The molecule has 3 heteroatoms. The highest BCUT2D eigenvalue weighted by atomic mass is 15.3. The lowest BCUT2D eigenvalue weighted by Gasteiger charge is -2.40. The molecule has 0 aromatic rings. The Labute approximate surface area is 132 Å². The molecule has 1 atom stereocenters. The zero-order valence-electron chi connectivity index (χ0n) is 14.8. The second-order valence-corrected chi connectivity index (χ2v) is 8.18. The molecule has 0 bridgehead atoms. The molecule has 2 rings (SSSR count). The first-order valence-electron chi connectivity index (χ1n) is 9.19. The first-order chi connectivity index (χ1) is 9.96. The number of rotatable bonds is 6. The van der Waals surface area contributed by atoms with Gasteiger partial charge in [-0.3, -0.25) is 9.80 Å². The van der Waals surface area contributed by atoms with Gasteiger partial charge >= 0.3 is 0 Å². The van der Waals surface area contributed by atoms with Gasteiger partial charge in [0.2, 0.25) is 0 Å². The van der Waals surface area contributed by atoms with E-state index in [1.54, 1.807) is 0 Å². The van der Waals surface area contributed by atoms with E-state index in [9.17, 15) is 0 Å². The van der Waals surface area contributed by atoms with E-state index in [-0.39, 0.29) is 5.54 Å². The predicted octanol–water partition coefficient (Wildman–Crippen LogP) is 3.10. The third kappa shape index (κ3) is 5.88. The summed E-state index contributed by atoms with van der Waals surface area (Å²) in [5, 5.41) is 3.60. The topological polar surface area (TPSA) is 18.5 Å². The summed E-state index contributed by atoms with van der Waals surface area (Å²) in [7, 11) is 0. The van der Waals surface area contributed by atoms with E-state index in [0.717, 1.165) is 18.6 Å². The third-order valence-corrected chi connectivity index (χ3v) is 5.27. The van der Waals surface area contributed by atoms with Crippen molar-refractivity contribution in [3.8, 4) is 0 Å². The van der Waals surface area contributed by atoms with Crippen LogP contribution in [0.3, 0.4) is 0 Å². The zero-order chi connectivity index (χ0) is 15.3. The lowest BCUT2D eigenvalue weighted by Crippen LogP contribution is -2.52. The number of nitrogens with zero attached hydrogens (tertiary/aromatic N) is 2. The van der Waals surface area contributed by atoms with Crippen LogP contribution >= 0.6 is 0 Å². The summed E-state index contributed by atoms with van der Waals surface area (Å²) in [5.41, 5.74) is 0.260.